The summed E-state index contributed by atoms with van der Waals surface area (Å²) in [6.07, 6.45) is 5.63. The molecule has 0 aliphatic carbocycles. The van der Waals surface area contributed by atoms with Crippen molar-refractivity contribution >= 4 is 19.8 Å². The predicted molar refractivity (Wildman–Crippen MR) is 55.4 cm³/mol. The van der Waals surface area contributed by atoms with Gasteiger partial charge in [0.1, 0.15) is 0 Å². The molecule has 0 saturated carbocycles. The van der Waals surface area contributed by atoms with E-state index < -0.39 is 19.8 Å². The molecule has 0 aliphatic rings. The molecule has 0 radical (unpaired) electrons. The Morgan fingerprint density at radius 2 is 1.50 bits per heavy atom. The molecule has 0 spiro atoms. The second-order valence-electron chi connectivity index (χ2n) is 3.07. The molecule has 0 amide bonds. The number of hydrogen-bond donors (Lipinski definition) is 0. The summed E-state index contributed by atoms with van der Waals surface area (Å²) in [5.41, 5.74) is 0. The van der Waals surface area contributed by atoms with E-state index >= 15 is 0 Å². The van der Waals surface area contributed by atoms with Crippen LogP contribution in [0.15, 0.2) is 10.7 Å². The summed E-state index contributed by atoms with van der Waals surface area (Å²) < 4.78 is 5.41. The van der Waals surface area contributed by atoms with E-state index in [0.717, 1.165) is 0 Å². The first-order valence-corrected chi connectivity index (χ1v) is 10.5. The fourth-order valence-electron chi connectivity index (χ4n) is 1.14. The van der Waals surface area contributed by atoms with Crippen LogP contribution in [0.5, 0.6) is 0 Å². The van der Waals surface area contributed by atoms with Crippen molar-refractivity contribution in [1.82, 2.24) is 0 Å². The second kappa shape index (κ2) is 11.8. The average Bonchev–Trinajstić information content (AvgIpc) is 2.05. The van der Waals surface area contributed by atoms with Gasteiger partial charge in [-0.05, 0) is 0 Å². The zero-order valence-corrected chi connectivity index (χ0v) is 12.0. The van der Waals surface area contributed by atoms with Crippen LogP contribution in [-0.2, 0) is 0 Å². The van der Waals surface area contributed by atoms with E-state index in [0.29, 0.717) is 0 Å². The monoisotopic (exact) mass is 296 g/mol. The Morgan fingerprint density at radius 3 is 1.75 bits per heavy atom. The largest absolute Gasteiger partial charge is 1.00 e. The van der Waals surface area contributed by atoms with E-state index in [1.54, 1.807) is 8.87 Å². The van der Waals surface area contributed by atoms with Crippen LogP contribution < -0.4 is 12.4 Å². The standard InChI is InChI=1S/2C4H9.C2H3.ClH.Sn/c2*1-3-4-2;1-2;;/h2*1,3-4H2,2H3;1H,2H2;1H;/q;;;;+1/p-1. The molecular formula is C10H21ClSn. The molecule has 0 nitrogen and oxygen atoms in total. The Labute approximate surface area is 91.0 Å². The number of rotatable bonds is 7. The molecule has 0 aromatic carbocycles. The first kappa shape index (κ1) is 15.3. The summed E-state index contributed by atoms with van der Waals surface area (Å²) in [7, 11) is 0. The van der Waals surface area contributed by atoms with Crippen LogP contribution in [0.1, 0.15) is 39.5 Å². The maximum Gasteiger partial charge on any atom is -1.00 e. The van der Waals surface area contributed by atoms with Gasteiger partial charge in [-0.15, -0.1) is 0 Å². The first-order chi connectivity index (χ1) is 5.35. The van der Waals surface area contributed by atoms with Gasteiger partial charge in [-0.1, -0.05) is 0 Å². The molecule has 0 aliphatic heterocycles. The Bertz CT molecular complexity index is 85.8. The maximum atomic E-state index is 3.95. The minimum Gasteiger partial charge on any atom is -1.00 e. The van der Waals surface area contributed by atoms with Crippen LogP contribution in [0.25, 0.3) is 0 Å². The number of unbranched alkanes of at least 4 members (excludes halogenated alkanes) is 2. The van der Waals surface area contributed by atoms with Crippen LogP contribution in [0.3, 0.4) is 0 Å². The fraction of sp³-hybridized carbons (Fsp3) is 0.800. The average molecular weight is 295 g/mol. The van der Waals surface area contributed by atoms with Crippen molar-refractivity contribution in [2.24, 2.45) is 0 Å². The quantitative estimate of drug-likeness (QED) is 0.610. The van der Waals surface area contributed by atoms with Gasteiger partial charge in [0.25, 0.3) is 0 Å². The molecule has 0 atom stereocenters. The van der Waals surface area contributed by atoms with E-state index in [1.807, 2.05) is 0 Å². The van der Waals surface area contributed by atoms with Crippen molar-refractivity contribution in [2.75, 3.05) is 0 Å². The Morgan fingerprint density at radius 1 is 1.08 bits per heavy atom. The molecule has 0 aromatic rings. The van der Waals surface area contributed by atoms with Crippen molar-refractivity contribution in [3.63, 3.8) is 0 Å². The van der Waals surface area contributed by atoms with Crippen LogP contribution in [0, 0.1) is 0 Å². The molecule has 0 heterocycles. The first-order valence-electron chi connectivity index (χ1n) is 4.82. The predicted octanol–water partition coefficient (Wildman–Crippen LogP) is 0.811. The molecule has 2 heteroatoms. The smallest absolute Gasteiger partial charge is 1.00 e. The normalized spacial score (nSPS) is 8.83. The minimum atomic E-state index is -1.01. The summed E-state index contributed by atoms with van der Waals surface area (Å²) in [6.45, 7) is 8.52. The summed E-state index contributed by atoms with van der Waals surface area (Å²) >= 11 is -1.01. The topological polar surface area (TPSA) is 0 Å². The molecule has 0 unspecified atom stereocenters. The molecular weight excluding hydrogens is 274 g/mol. The van der Waals surface area contributed by atoms with Gasteiger partial charge in [0.05, 0.1) is 0 Å². The molecule has 0 aromatic heterocycles. The Hall–Kier alpha value is 0.829. The maximum absolute atomic E-state index is 3.95. The molecule has 0 bridgehead atoms. The fourth-order valence-corrected chi connectivity index (χ4v) is 7.63. The summed E-state index contributed by atoms with van der Waals surface area (Å²) in [6, 6.07) is 0. The molecule has 0 N–H and O–H groups in total. The van der Waals surface area contributed by atoms with Gasteiger partial charge < -0.3 is 12.4 Å². The van der Waals surface area contributed by atoms with E-state index in [4.69, 9.17) is 0 Å². The zero-order valence-electron chi connectivity index (χ0n) is 8.41. The number of halogens is 1. The van der Waals surface area contributed by atoms with E-state index in [2.05, 4.69) is 24.5 Å². The Balaban J connectivity index is 0. The van der Waals surface area contributed by atoms with E-state index in [9.17, 15) is 0 Å². The van der Waals surface area contributed by atoms with Gasteiger partial charge in [0, 0.05) is 0 Å². The van der Waals surface area contributed by atoms with Crippen molar-refractivity contribution in [2.45, 2.75) is 48.4 Å². The van der Waals surface area contributed by atoms with Gasteiger partial charge in [-0.25, -0.2) is 0 Å². The second-order valence-corrected chi connectivity index (χ2v) is 10.8. The molecule has 72 valence electrons. The minimum absolute atomic E-state index is 0. The van der Waals surface area contributed by atoms with Gasteiger partial charge in [-0.2, -0.15) is 0 Å². The van der Waals surface area contributed by atoms with Crippen LogP contribution in [-0.4, -0.2) is 19.8 Å². The SMILES string of the molecule is C=[CH][Sn+]([CH2]CCC)[CH2]CCC.[Cl-]. The summed E-state index contributed by atoms with van der Waals surface area (Å²) in [5, 5.41) is 0. The van der Waals surface area contributed by atoms with Gasteiger partial charge in [0.2, 0.25) is 0 Å². The zero-order chi connectivity index (χ0) is 8.53. The van der Waals surface area contributed by atoms with Crippen molar-refractivity contribution in [3.05, 3.63) is 10.7 Å². The van der Waals surface area contributed by atoms with Gasteiger partial charge >= 0.3 is 78.8 Å². The number of hydrogen-bond acceptors (Lipinski definition) is 0. The van der Waals surface area contributed by atoms with Crippen LogP contribution in [0.2, 0.25) is 8.87 Å². The summed E-state index contributed by atoms with van der Waals surface area (Å²) in [5.74, 6) is 0. The third-order valence-corrected chi connectivity index (χ3v) is 9.32. The van der Waals surface area contributed by atoms with Crippen LogP contribution in [0.4, 0.5) is 0 Å². The van der Waals surface area contributed by atoms with Crippen LogP contribution >= 0.6 is 0 Å². The van der Waals surface area contributed by atoms with Crippen molar-refractivity contribution < 1.29 is 12.4 Å². The van der Waals surface area contributed by atoms with Crippen molar-refractivity contribution in [3.8, 4) is 0 Å². The molecule has 0 fully saturated rings. The van der Waals surface area contributed by atoms with E-state index in [-0.39, 0.29) is 12.4 Å². The molecule has 0 saturated heterocycles. The van der Waals surface area contributed by atoms with Gasteiger partial charge in [0.15, 0.2) is 0 Å². The summed E-state index contributed by atoms with van der Waals surface area (Å²) in [4.78, 5) is 0. The third-order valence-electron chi connectivity index (χ3n) is 1.99. The van der Waals surface area contributed by atoms with Gasteiger partial charge in [-0.3, -0.25) is 0 Å². The third kappa shape index (κ3) is 8.92. The van der Waals surface area contributed by atoms with E-state index in [1.165, 1.54) is 25.7 Å². The molecule has 0 rings (SSSR count). The Kier molecular flexibility index (Phi) is 15.1. The molecule has 12 heavy (non-hydrogen) atoms. The van der Waals surface area contributed by atoms with Crippen molar-refractivity contribution in [1.29, 1.82) is 0 Å².